The average molecular weight is 457 g/mol. The number of carboxylic acids is 1. The Bertz CT molecular complexity index is 751. The Labute approximate surface area is 185 Å². The molecule has 0 aliphatic rings. The maximum atomic E-state index is 11.9. The molecule has 172 valence electrons. The highest BCUT2D eigenvalue weighted by molar-refractivity contribution is 7.99. The number of carboxylic acid groups (broad SMARTS) is 1. The fourth-order valence-electron chi connectivity index (χ4n) is 2.15. The quantitative estimate of drug-likeness (QED) is 0.357. The van der Waals surface area contributed by atoms with Crippen LogP contribution in [0.15, 0.2) is 30.3 Å². The standard InChI is InChI=1S/C20H28N2O8S/c1-20(2,3)30-19(27)22-15(17(25)28-4)12-31-11-14(16(23)24)21-18(26)29-10-13-8-6-5-7-9-13/h5-9,14-15H,10-12H2,1-4H3,(H,21,26)(H,22,27)(H,23,24)/t14-,15-/m1/s1. The minimum Gasteiger partial charge on any atom is -0.480 e. The minimum absolute atomic E-state index is 0.00359. The lowest BCUT2D eigenvalue weighted by atomic mass is 10.2. The van der Waals surface area contributed by atoms with Gasteiger partial charge in [0.2, 0.25) is 0 Å². The maximum Gasteiger partial charge on any atom is 0.408 e. The van der Waals surface area contributed by atoms with E-state index >= 15 is 0 Å². The number of rotatable bonds is 10. The second-order valence-corrected chi connectivity index (χ2v) is 8.43. The van der Waals surface area contributed by atoms with Gasteiger partial charge in [-0.15, -0.1) is 0 Å². The van der Waals surface area contributed by atoms with Crippen LogP contribution >= 0.6 is 11.8 Å². The largest absolute Gasteiger partial charge is 0.480 e. The number of alkyl carbamates (subject to hydrolysis) is 2. The van der Waals surface area contributed by atoms with Crippen molar-refractivity contribution >= 4 is 35.9 Å². The van der Waals surface area contributed by atoms with Crippen LogP contribution in [0.5, 0.6) is 0 Å². The van der Waals surface area contributed by atoms with Crippen LogP contribution in [0.3, 0.4) is 0 Å². The molecule has 0 heterocycles. The van der Waals surface area contributed by atoms with Gasteiger partial charge in [0.15, 0.2) is 0 Å². The van der Waals surface area contributed by atoms with E-state index in [2.05, 4.69) is 15.4 Å². The van der Waals surface area contributed by atoms with Gasteiger partial charge in [-0.2, -0.15) is 11.8 Å². The van der Waals surface area contributed by atoms with Crippen molar-refractivity contribution in [3.63, 3.8) is 0 Å². The van der Waals surface area contributed by atoms with Crippen molar-refractivity contribution in [2.75, 3.05) is 18.6 Å². The molecule has 0 aliphatic carbocycles. The molecule has 0 radical (unpaired) electrons. The number of carbonyl (C=O) groups excluding carboxylic acids is 3. The summed E-state index contributed by atoms with van der Waals surface area (Å²) in [6.45, 7) is 5.02. The van der Waals surface area contributed by atoms with Crippen molar-refractivity contribution < 1.29 is 38.5 Å². The third kappa shape index (κ3) is 11.1. The van der Waals surface area contributed by atoms with Crippen molar-refractivity contribution in [3.8, 4) is 0 Å². The molecule has 3 N–H and O–H groups in total. The van der Waals surface area contributed by atoms with Crippen molar-refractivity contribution in [1.82, 2.24) is 10.6 Å². The summed E-state index contributed by atoms with van der Waals surface area (Å²) in [6.07, 6.45) is -1.69. The Morgan fingerprint density at radius 2 is 1.58 bits per heavy atom. The van der Waals surface area contributed by atoms with Crippen LogP contribution in [-0.2, 0) is 30.4 Å². The maximum absolute atomic E-state index is 11.9. The Kier molecular flexibility index (Phi) is 10.7. The predicted molar refractivity (Wildman–Crippen MR) is 114 cm³/mol. The van der Waals surface area contributed by atoms with Crippen LogP contribution in [0.4, 0.5) is 9.59 Å². The third-order valence-corrected chi connectivity index (χ3v) is 4.69. The summed E-state index contributed by atoms with van der Waals surface area (Å²) < 4.78 is 14.8. The summed E-state index contributed by atoms with van der Waals surface area (Å²) in [5, 5.41) is 14.0. The monoisotopic (exact) mass is 456 g/mol. The first-order valence-electron chi connectivity index (χ1n) is 9.37. The molecule has 31 heavy (non-hydrogen) atoms. The molecule has 2 atom stereocenters. The summed E-state index contributed by atoms with van der Waals surface area (Å²) in [6, 6.07) is 6.62. The van der Waals surface area contributed by atoms with E-state index in [1.54, 1.807) is 45.0 Å². The highest BCUT2D eigenvalue weighted by Crippen LogP contribution is 2.11. The van der Waals surface area contributed by atoms with Gasteiger partial charge in [-0.25, -0.2) is 19.2 Å². The number of aliphatic carboxylic acids is 1. The SMILES string of the molecule is COC(=O)[C@@H](CSC[C@@H](NC(=O)OCc1ccccc1)C(=O)O)NC(=O)OC(C)(C)C. The van der Waals surface area contributed by atoms with Crippen molar-refractivity contribution in [2.45, 2.75) is 45.1 Å². The normalized spacial score (nSPS) is 12.8. The van der Waals surface area contributed by atoms with Crippen LogP contribution in [0.25, 0.3) is 0 Å². The molecule has 0 aliphatic heterocycles. The number of ether oxygens (including phenoxy) is 3. The van der Waals surface area contributed by atoms with E-state index in [4.69, 9.17) is 9.47 Å². The molecule has 0 saturated carbocycles. The fraction of sp³-hybridized carbons (Fsp3) is 0.500. The molecule has 0 fully saturated rings. The molecular formula is C20H28N2O8S. The zero-order chi connectivity index (χ0) is 23.4. The van der Waals surface area contributed by atoms with E-state index in [0.717, 1.165) is 17.3 Å². The number of thioether (sulfide) groups is 1. The molecule has 1 aromatic rings. The molecule has 0 aromatic heterocycles. The van der Waals surface area contributed by atoms with Crippen LogP contribution in [0.2, 0.25) is 0 Å². The van der Waals surface area contributed by atoms with E-state index in [1.165, 1.54) is 7.11 Å². The fourth-order valence-corrected chi connectivity index (χ4v) is 3.20. The molecule has 0 bridgehead atoms. The lowest BCUT2D eigenvalue weighted by molar-refractivity contribution is -0.142. The van der Waals surface area contributed by atoms with Gasteiger partial charge in [0.25, 0.3) is 0 Å². The van der Waals surface area contributed by atoms with Gasteiger partial charge in [0.05, 0.1) is 7.11 Å². The van der Waals surface area contributed by atoms with Gasteiger partial charge in [0.1, 0.15) is 24.3 Å². The zero-order valence-electron chi connectivity index (χ0n) is 17.9. The van der Waals surface area contributed by atoms with Crippen LogP contribution < -0.4 is 10.6 Å². The first-order valence-corrected chi connectivity index (χ1v) is 10.5. The Hall–Kier alpha value is -2.95. The smallest absolute Gasteiger partial charge is 0.408 e. The predicted octanol–water partition coefficient (Wildman–Crippen LogP) is 2.17. The third-order valence-electron chi connectivity index (χ3n) is 3.55. The van der Waals surface area contributed by atoms with E-state index in [1.807, 2.05) is 6.07 Å². The molecule has 2 amide bonds. The highest BCUT2D eigenvalue weighted by Gasteiger charge is 2.27. The van der Waals surface area contributed by atoms with Crippen molar-refractivity contribution in [1.29, 1.82) is 0 Å². The molecule has 0 saturated heterocycles. The summed E-state index contributed by atoms with van der Waals surface area (Å²) in [4.78, 5) is 47.2. The lowest BCUT2D eigenvalue weighted by Crippen LogP contribution is -2.46. The lowest BCUT2D eigenvalue weighted by Gasteiger charge is -2.22. The number of methoxy groups -OCH3 is 1. The van der Waals surface area contributed by atoms with Crippen LogP contribution in [-0.4, -0.2) is 65.5 Å². The molecule has 1 rings (SSSR count). The Morgan fingerprint density at radius 1 is 1.00 bits per heavy atom. The molecular weight excluding hydrogens is 428 g/mol. The van der Waals surface area contributed by atoms with Gasteiger partial charge in [-0.1, -0.05) is 30.3 Å². The Balaban J connectivity index is 2.55. The van der Waals surface area contributed by atoms with Crippen LogP contribution in [0, 0.1) is 0 Å². The number of nitrogens with one attached hydrogen (secondary N) is 2. The molecule has 1 aromatic carbocycles. The summed E-state index contributed by atoms with van der Waals surface area (Å²) in [5.41, 5.74) is 0.00380. The number of benzene rings is 1. The topological polar surface area (TPSA) is 140 Å². The van der Waals surface area contributed by atoms with E-state index < -0.39 is 41.8 Å². The second kappa shape index (κ2) is 12.7. The van der Waals surface area contributed by atoms with Gasteiger partial charge in [0, 0.05) is 11.5 Å². The summed E-state index contributed by atoms with van der Waals surface area (Å²) in [5.74, 6) is -2.03. The number of carbonyl (C=O) groups is 4. The highest BCUT2D eigenvalue weighted by atomic mass is 32.2. The second-order valence-electron chi connectivity index (χ2n) is 7.36. The number of hydrogen-bond acceptors (Lipinski definition) is 8. The van der Waals surface area contributed by atoms with Crippen LogP contribution in [0.1, 0.15) is 26.3 Å². The average Bonchev–Trinajstić information content (AvgIpc) is 2.69. The first-order chi connectivity index (χ1) is 14.5. The van der Waals surface area contributed by atoms with E-state index in [9.17, 15) is 24.3 Å². The van der Waals surface area contributed by atoms with Crippen molar-refractivity contribution in [2.24, 2.45) is 0 Å². The number of hydrogen-bond donors (Lipinski definition) is 3. The van der Waals surface area contributed by atoms with Gasteiger partial charge < -0.3 is 30.0 Å². The minimum atomic E-state index is -1.26. The molecule has 0 unspecified atom stereocenters. The van der Waals surface area contributed by atoms with E-state index in [0.29, 0.717) is 0 Å². The number of amides is 2. The van der Waals surface area contributed by atoms with Gasteiger partial charge >= 0.3 is 24.1 Å². The first kappa shape index (κ1) is 26.1. The van der Waals surface area contributed by atoms with Gasteiger partial charge in [-0.3, -0.25) is 0 Å². The van der Waals surface area contributed by atoms with E-state index in [-0.39, 0.29) is 18.1 Å². The molecule has 0 spiro atoms. The molecule has 10 nitrogen and oxygen atoms in total. The molecule has 11 heteroatoms. The number of esters is 1. The zero-order valence-corrected chi connectivity index (χ0v) is 18.7. The van der Waals surface area contributed by atoms with Crippen molar-refractivity contribution in [3.05, 3.63) is 35.9 Å². The Morgan fingerprint density at radius 3 is 2.13 bits per heavy atom. The van der Waals surface area contributed by atoms with Gasteiger partial charge in [-0.05, 0) is 26.3 Å². The summed E-state index contributed by atoms with van der Waals surface area (Å²) >= 11 is 1.04. The summed E-state index contributed by atoms with van der Waals surface area (Å²) in [7, 11) is 1.17.